The van der Waals surface area contributed by atoms with Gasteiger partial charge in [0.05, 0.1) is 4.21 Å². The minimum Gasteiger partial charge on any atom is -0.133 e. The molecule has 0 aliphatic heterocycles. The Labute approximate surface area is 79.2 Å². The Balaban J connectivity index is 2.82. The summed E-state index contributed by atoms with van der Waals surface area (Å²) in [7, 11) is 0. The minimum absolute atomic E-state index is 0.785. The van der Waals surface area contributed by atoms with Gasteiger partial charge in [-0.3, -0.25) is 0 Å². The number of thiophene rings is 1. The fourth-order valence-corrected chi connectivity index (χ4v) is 2.50. The van der Waals surface area contributed by atoms with Gasteiger partial charge in [-0.2, -0.15) is 0 Å². The number of thiol groups is 1. The molecule has 2 rings (SSSR count). The molecule has 0 atom stereocenters. The van der Waals surface area contributed by atoms with Crippen LogP contribution in [-0.2, 0) is 0 Å². The molecule has 11 heavy (non-hydrogen) atoms. The Morgan fingerprint density at radius 3 is 2.91 bits per heavy atom. The molecular weight excluding hydrogens is 196 g/mol. The number of fused-ring (bicyclic) bond motifs is 1. The van der Waals surface area contributed by atoms with E-state index >= 15 is 0 Å². The Morgan fingerprint density at radius 1 is 1.27 bits per heavy atom. The molecule has 0 nitrogen and oxygen atoms in total. The van der Waals surface area contributed by atoms with Crippen molar-refractivity contribution in [2.75, 3.05) is 0 Å². The highest BCUT2D eigenvalue weighted by molar-refractivity contribution is 7.83. The molecule has 0 spiro atoms. The van der Waals surface area contributed by atoms with Crippen LogP contribution in [0.4, 0.5) is 0 Å². The van der Waals surface area contributed by atoms with Gasteiger partial charge in [0.2, 0.25) is 0 Å². The van der Waals surface area contributed by atoms with Gasteiger partial charge in [-0.25, -0.2) is 0 Å². The van der Waals surface area contributed by atoms with Gasteiger partial charge in [0.1, 0.15) is 0 Å². The topological polar surface area (TPSA) is 0 Å². The Morgan fingerprint density at radius 2 is 2.09 bits per heavy atom. The van der Waals surface area contributed by atoms with Gasteiger partial charge < -0.3 is 0 Å². The first-order valence-electron chi connectivity index (χ1n) is 3.14. The third kappa shape index (κ3) is 1.39. The van der Waals surface area contributed by atoms with Crippen LogP contribution in [0, 0.1) is 0 Å². The number of rotatable bonds is 0. The first-order chi connectivity index (χ1) is 5.25. The molecule has 3 heteroatoms. The third-order valence-corrected chi connectivity index (χ3v) is 3.01. The maximum atomic E-state index is 5.81. The predicted molar refractivity (Wildman–Crippen MR) is 54.1 cm³/mol. The minimum atomic E-state index is 0.785. The summed E-state index contributed by atoms with van der Waals surface area (Å²) in [5.41, 5.74) is 0. The fraction of sp³-hybridized carbons (Fsp3) is 0. The number of halogens is 1. The standard InChI is InChI=1S/C8H5ClS2/c9-6-2-1-5-3-8(10)11-7(5)4-6/h1-4,10H. The van der Waals surface area contributed by atoms with E-state index in [9.17, 15) is 0 Å². The third-order valence-electron chi connectivity index (χ3n) is 1.47. The average Bonchev–Trinajstić information content (AvgIpc) is 2.27. The van der Waals surface area contributed by atoms with Crippen molar-refractivity contribution in [3.8, 4) is 0 Å². The number of benzene rings is 1. The predicted octanol–water partition coefficient (Wildman–Crippen LogP) is 3.84. The zero-order chi connectivity index (χ0) is 7.84. The van der Waals surface area contributed by atoms with Crippen molar-refractivity contribution in [2.24, 2.45) is 0 Å². The summed E-state index contributed by atoms with van der Waals surface area (Å²) in [4.78, 5) is 0. The molecule has 1 aromatic carbocycles. The Bertz CT molecular complexity index is 392. The average molecular weight is 201 g/mol. The molecule has 0 N–H and O–H groups in total. The first-order valence-corrected chi connectivity index (χ1v) is 4.78. The monoisotopic (exact) mass is 200 g/mol. The zero-order valence-corrected chi connectivity index (χ0v) is 8.01. The van der Waals surface area contributed by atoms with Crippen LogP contribution in [0.15, 0.2) is 28.5 Å². The van der Waals surface area contributed by atoms with Crippen molar-refractivity contribution in [1.82, 2.24) is 0 Å². The summed E-state index contributed by atoms with van der Waals surface area (Å²) < 4.78 is 2.23. The van der Waals surface area contributed by atoms with E-state index in [2.05, 4.69) is 12.6 Å². The SMILES string of the molecule is Sc1cc2ccc(Cl)cc2s1. The summed E-state index contributed by atoms with van der Waals surface area (Å²) in [5, 5.41) is 2.00. The normalized spacial score (nSPS) is 10.7. The van der Waals surface area contributed by atoms with Crippen LogP contribution in [0.3, 0.4) is 0 Å². The quantitative estimate of drug-likeness (QED) is 0.614. The van der Waals surface area contributed by atoms with E-state index in [4.69, 9.17) is 11.6 Å². The van der Waals surface area contributed by atoms with E-state index in [1.165, 1.54) is 10.1 Å². The Kier molecular flexibility index (Phi) is 1.83. The van der Waals surface area contributed by atoms with Gasteiger partial charge in [0.25, 0.3) is 0 Å². The van der Waals surface area contributed by atoms with Crippen molar-refractivity contribution in [3.05, 3.63) is 29.3 Å². The van der Waals surface area contributed by atoms with Crippen LogP contribution < -0.4 is 0 Å². The Hall–Kier alpha value is -0.180. The number of hydrogen-bond acceptors (Lipinski definition) is 2. The van der Waals surface area contributed by atoms with Gasteiger partial charge >= 0.3 is 0 Å². The van der Waals surface area contributed by atoms with Crippen LogP contribution >= 0.6 is 35.6 Å². The highest BCUT2D eigenvalue weighted by atomic mass is 35.5. The summed E-state index contributed by atoms with van der Waals surface area (Å²) in [6.45, 7) is 0. The molecular formula is C8H5ClS2. The molecule has 0 bridgehead atoms. The van der Waals surface area contributed by atoms with Gasteiger partial charge in [0.15, 0.2) is 0 Å². The summed E-state index contributed by atoms with van der Waals surface area (Å²) in [5.74, 6) is 0. The van der Waals surface area contributed by atoms with Crippen LogP contribution in [-0.4, -0.2) is 0 Å². The van der Waals surface area contributed by atoms with E-state index in [0.29, 0.717) is 0 Å². The molecule has 0 aliphatic rings. The lowest BCUT2D eigenvalue weighted by atomic mass is 10.3. The molecule has 0 radical (unpaired) electrons. The summed E-state index contributed by atoms with van der Waals surface area (Å²) in [6, 6.07) is 7.90. The van der Waals surface area contributed by atoms with Crippen molar-refractivity contribution < 1.29 is 0 Å². The molecule has 0 unspecified atom stereocenters. The van der Waals surface area contributed by atoms with Gasteiger partial charge in [-0.15, -0.1) is 24.0 Å². The lowest BCUT2D eigenvalue weighted by Crippen LogP contribution is -1.61. The van der Waals surface area contributed by atoms with Gasteiger partial charge in [-0.05, 0) is 23.6 Å². The van der Waals surface area contributed by atoms with Crippen LogP contribution in [0.25, 0.3) is 10.1 Å². The van der Waals surface area contributed by atoms with Crippen molar-refractivity contribution in [1.29, 1.82) is 0 Å². The highest BCUT2D eigenvalue weighted by Gasteiger charge is 1.97. The maximum Gasteiger partial charge on any atom is 0.0580 e. The van der Waals surface area contributed by atoms with E-state index in [1.54, 1.807) is 11.3 Å². The smallest absolute Gasteiger partial charge is 0.0580 e. The van der Waals surface area contributed by atoms with Crippen LogP contribution in [0.2, 0.25) is 5.02 Å². The summed E-state index contributed by atoms with van der Waals surface area (Å²) >= 11 is 11.7. The molecule has 1 heterocycles. The van der Waals surface area contributed by atoms with Crippen molar-refractivity contribution in [2.45, 2.75) is 4.21 Å². The lowest BCUT2D eigenvalue weighted by Gasteiger charge is -1.87. The molecule has 0 fully saturated rings. The summed E-state index contributed by atoms with van der Waals surface area (Å²) in [6.07, 6.45) is 0. The lowest BCUT2D eigenvalue weighted by molar-refractivity contribution is 1.78. The van der Waals surface area contributed by atoms with Crippen molar-refractivity contribution in [3.63, 3.8) is 0 Å². The maximum absolute atomic E-state index is 5.81. The molecule has 1 aromatic heterocycles. The van der Waals surface area contributed by atoms with Crippen LogP contribution in [0.5, 0.6) is 0 Å². The largest absolute Gasteiger partial charge is 0.133 e. The fourth-order valence-electron chi connectivity index (χ4n) is 0.991. The molecule has 0 saturated carbocycles. The van der Waals surface area contributed by atoms with E-state index < -0.39 is 0 Å². The van der Waals surface area contributed by atoms with E-state index in [1.807, 2.05) is 24.3 Å². The van der Waals surface area contributed by atoms with E-state index in [-0.39, 0.29) is 0 Å². The molecule has 0 saturated heterocycles. The zero-order valence-electron chi connectivity index (χ0n) is 5.54. The molecule has 56 valence electrons. The molecule has 2 aromatic rings. The van der Waals surface area contributed by atoms with Gasteiger partial charge in [-0.1, -0.05) is 17.7 Å². The second kappa shape index (κ2) is 2.70. The second-order valence-electron chi connectivity index (χ2n) is 2.27. The van der Waals surface area contributed by atoms with Crippen molar-refractivity contribution >= 4 is 45.7 Å². The van der Waals surface area contributed by atoms with E-state index in [0.717, 1.165) is 9.23 Å². The van der Waals surface area contributed by atoms with Crippen LogP contribution in [0.1, 0.15) is 0 Å². The first kappa shape index (κ1) is 7.47. The highest BCUT2D eigenvalue weighted by Crippen LogP contribution is 2.29. The number of hydrogen-bond donors (Lipinski definition) is 1. The second-order valence-corrected chi connectivity index (χ2v) is 4.57. The van der Waals surface area contributed by atoms with Gasteiger partial charge in [0, 0.05) is 9.72 Å². The molecule has 0 aliphatic carbocycles. The molecule has 0 amide bonds.